The quantitative estimate of drug-likeness (QED) is 0.460. The molecule has 0 amide bonds. The second-order valence-electron chi connectivity index (χ2n) is 9.71. The lowest BCUT2D eigenvalue weighted by Crippen LogP contribution is -2.65. The van der Waals surface area contributed by atoms with Crippen molar-refractivity contribution in [2.45, 2.75) is 19.8 Å². The fraction of sp³-hybridized carbons (Fsp3) is 0.407. The van der Waals surface area contributed by atoms with Crippen molar-refractivity contribution in [3.63, 3.8) is 0 Å². The van der Waals surface area contributed by atoms with Crippen molar-refractivity contribution in [1.82, 2.24) is 14.9 Å². The number of nitrogens with zero attached hydrogens (tertiary/aromatic N) is 3. The van der Waals surface area contributed by atoms with Crippen molar-refractivity contribution in [1.29, 1.82) is 0 Å². The summed E-state index contributed by atoms with van der Waals surface area (Å²) >= 11 is 0. The maximum absolute atomic E-state index is 6.22. The topological polar surface area (TPSA) is 65.9 Å². The first-order chi connectivity index (χ1) is 16.6. The van der Waals surface area contributed by atoms with Crippen molar-refractivity contribution in [3.8, 4) is 23.0 Å². The van der Waals surface area contributed by atoms with Crippen LogP contribution in [0.1, 0.15) is 24.6 Å². The van der Waals surface area contributed by atoms with Crippen molar-refractivity contribution in [3.05, 3.63) is 53.5 Å². The molecule has 0 unspecified atom stereocenters. The van der Waals surface area contributed by atoms with E-state index < -0.39 is 0 Å². The lowest BCUT2D eigenvalue weighted by molar-refractivity contribution is -0.189. The molecular weight excluding hydrogens is 430 g/mol. The van der Waals surface area contributed by atoms with Crippen molar-refractivity contribution < 1.29 is 18.9 Å². The van der Waals surface area contributed by atoms with Gasteiger partial charge in [0, 0.05) is 49.1 Å². The Morgan fingerprint density at radius 1 is 1.09 bits per heavy atom. The van der Waals surface area contributed by atoms with Crippen LogP contribution in [0.2, 0.25) is 0 Å². The average molecular weight is 460 g/mol. The molecule has 3 aliphatic rings. The summed E-state index contributed by atoms with van der Waals surface area (Å²) in [7, 11) is 1.66. The predicted molar refractivity (Wildman–Crippen MR) is 130 cm³/mol. The van der Waals surface area contributed by atoms with Crippen LogP contribution in [0.4, 0.5) is 0 Å². The molecule has 0 bridgehead atoms. The van der Waals surface area contributed by atoms with Crippen LogP contribution in [0, 0.1) is 5.41 Å². The van der Waals surface area contributed by atoms with Gasteiger partial charge in [0.1, 0.15) is 11.5 Å². The minimum Gasteiger partial charge on any atom is -0.493 e. The molecular formula is C27H29N3O4. The molecule has 1 aromatic carbocycles. The minimum absolute atomic E-state index is 0.458. The highest BCUT2D eigenvalue weighted by molar-refractivity contribution is 5.88. The summed E-state index contributed by atoms with van der Waals surface area (Å²) in [6.07, 6.45) is 7.57. The molecule has 6 rings (SSSR count). The van der Waals surface area contributed by atoms with E-state index in [9.17, 15) is 0 Å². The number of likely N-dealkylation sites (tertiary alicyclic amines) is 1. The van der Waals surface area contributed by atoms with Gasteiger partial charge in [-0.3, -0.25) is 9.97 Å². The maximum atomic E-state index is 6.22. The van der Waals surface area contributed by atoms with Crippen molar-refractivity contribution in [2.75, 3.05) is 46.6 Å². The molecule has 1 spiro atoms. The second kappa shape index (κ2) is 8.56. The van der Waals surface area contributed by atoms with E-state index in [1.54, 1.807) is 19.5 Å². The Balaban J connectivity index is 1.14. The molecule has 0 N–H and O–H groups in total. The van der Waals surface area contributed by atoms with Gasteiger partial charge in [-0.2, -0.15) is 0 Å². The normalized spacial score (nSPS) is 18.2. The van der Waals surface area contributed by atoms with Crippen molar-refractivity contribution >= 4 is 17.0 Å². The zero-order valence-electron chi connectivity index (χ0n) is 19.7. The van der Waals surface area contributed by atoms with E-state index in [2.05, 4.69) is 27.9 Å². The fourth-order valence-corrected chi connectivity index (χ4v) is 5.12. The summed E-state index contributed by atoms with van der Waals surface area (Å²) in [5, 5.41) is 0.868. The number of benzene rings is 1. The van der Waals surface area contributed by atoms with E-state index in [0.29, 0.717) is 35.0 Å². The Morgan fingerprint density at radius 2 is 1.97 bits per heavy atom. The molecule has 2 fully saturated rings. The van der Waals surface area contributed by atoms with Gasteiger partial charge in [-0.05, 0) is 37.1 Å². The van der Waals surface area contributed by atoms with E-state index in [1.165, 1.54) is 5.57 Å². The minimum atomic E-state index is 0.458. The molecule has 7 heteroatoms. The van der Waals surface area contributed by atoms with Gasteiger partial charge in [0.05, 0.1) is 44.3 Å². The smallest absolute Gasteiger partial charge is 0.163 e. The molecule has 2 saturated heterocycles. The van der Waals surface area contributed by atoms with Gasteiger partial charge in [0.25, 0.3) is 0 Å². The van der Waals surface area contributed by atoms with Crippen LogP contribution in [0.15, 0.2) is 42.2 Å². The van der Waals surface area contributed by atoms with Crippen LogP contribution in [0.3, 0.4) is 0 Å². The first-order valence-corrected chi connectivity index (χ1v) is 11.8. The molecule has 3 aromatic rings. The first kappa shape index (κ1) is 21.4. The molecule has 1 aliphatic carbocycles. The number of rotatable bonds is 8. The fourth-order valence-electron chi connectivity index (χ4n) is 5.12. The Bertz CT molecular complexity index is 1260. The maximum Gasteiger partial charge on any atom is 0.163 e. The summed E-state index contributed by atoms with van der Waals surface area (Å²) in [4.78, 5) is 11.6. The SMILES string of the molecule is COc1cc2c(Oc3cnc4c(c3)C=C(C)C4)ccnc2cc1OCCCN1CC2(COC2)C1. The van der Waals surface area contributed by atoms with Crippen LogP contribution in [0.5, 0.6) is 23.0 Å². The first-order valence-electron chi connectivity index (χ1n) is 11.8. The number of fused-ring (bicyclic) bond motifs is 2. The van der Waals surface area contributed by atoms with Gasteiger partial charge in [-0.15, -0.1) is 0 Å². The van der Waals surface area contributed by atoms with Crippen LogP contribution < -0.4 is 14.2 Å². The van der Waals surface area contributed by atoms with E-state index in [0.717, 1.165) is 67.8 Å². The second-order valence-corrected chi connectivity index (χ2v) is 9.71. The van der Waals surface area contributed by atoms with Gasteiger partial charge in [-0.25, -0.2) is 0 Å². The molecule has 7 nitrogen and oxygen atoms in total. The molecule has 2 aliphatic heterocycles. The summed E-state index contributed by atoms with van der Waals surface area (Å²) in [5.74, 6) is 2.79. The Labute approximate surface area is 199 Å². The van der Waals surface area contributed by atoms with E-state index >= 15 is 0 Å². The van der Waals surface area contributed by atoms with Crippen molar-refractivity contribution in [2.24, 2.45) is 5.41 Å². The number of methoxy groups -OCH3 is 1. The summed E-state index contributed by atoms with van der Waals surface area (Å²) < 4.78 is 23.3. The third kappa shape index (κ3) is 3.99. The molecule has 34 heavy (non-hydrogen) atoms. The lowest BCUT2D eigenvalue weighted by Gasteiger charge is -2.55. The van der Waals surface area contributed by atoms with Crippen LogP contribution in [0.25, 0.3) is 17.0 Å². The van der Waals surface area contributed by atoms with E-state index in [-0.39, 0.29) is 0 Å². The summed E-state index contributed by atoms with van der Waals surface area (Å²) in [5.41, 5.74) is 4.79. The molecule has 2 aromatic heterocycles. The Morgan fingerprint density at radius 3 is 2.76 bits per heavy atom. The van der Waals surface area contributed by atoms with Gasteiger partial charge in [0.2, 0.25) is 0 Å². The van der Waals surface area contributed by atoms with Gasteiger partial charge in [0.15, 0.2) is 11.5 Å². The number of hydrogen-bond acceptors (Lipinski definition) is 7. The third-order valence-electron chi connectivity index (χ3n) is 6.85. The van der Waals surface area contributed by atoms with E-state index in [4.69, 9.17) is 18.9 Å². The molecule has 0 saturated carbocycles. The number of ether oxygens (including phenoxy) is 4. The standard InChI is InChI=1S/C27H29N3O4/c1-18-8-19-10-20(13-29-22(19)9-18)34-24-4-5-28-23-12-26(25(31-2)11-21(23)24)33-7-3-6-30-14-27(15-30)16-32-17-27/h4-5,8,10-13H,3,6-7,9,14-17H2,1-2H3. The average Bonchev–Trinajstić information content (AvgIpc) is 3.15. The Hall–Kier alpha value is -3.16. The highest BCUT2D eigenvalue weighted by Crippen LogP contribution is 2.39. The van der Waals surface area contributed by atoms with Crippen LogP contribution in [-0.2, 0) is 11.2 Å². The van der Waals surface area contributed by atoms with Crippen LogP contribution >= 0.6 is 0 Å². The third-order valence-corrected chi connectivity index (χ3v) is 6.85. The lowest BCUT2D eigenvalue weighted by atomic mass is 9.78. The number of pyridine rings is 2. The number of hydrogen-bond donors (Lipinski definition) is 0. The highest BCUT2D eigenvalue weighted by Gasteiger charge is 2.48. The number of allylic oxidation sites excluding steroid dienone is 1. The van der Waals surface area contributed by atoms with Gasteiger partial charge in [-0.1, -0.05) is 11.6 Å². The largest absolute Gasteiger partial charge is 0.493 e. The summed E-state index contributed by atoms with van der Waals surface area (Å²) in [6.45, 7) is 7.93. The number of aromatic nitrogens is 2. The highest BCUT2D eigenvalue weighted by atomic mass is 16.5. The predicted octanol–water partition coefficient (Wildman–Crippen LogP) is 4.49. The zero-order chi connectivity index (χ0) is 23.1. The molecule has 176 valence electrons. The van der Waals surface area contributed by atoms with E-state index in [1.807, 2.05) is 24.3 Å². The zero-order valence-corrected chi connectivity index (χ0v) is 19.7. The molecule has 0 radical (unpaired) electrons. The monoisotopic (exact) mass is 459 g/mol. The molecule has 4 heterocycles. The summed E-state index contributed by atoms with van der Waals surface area (Å²) in [6, 6.07) is 7.77. The van der Waals surface area contributed by atoms with Gasteiger partial charge < -0.3 is 23.8 Å². The van der Waals surface area contributed by atoms with Crippen LogP contribution in [-0.4, -0.2) is 61.4 Å². The van der Waals surface area contributed by atoms with Gasteiger partial charge >= 0.3 is 0 Å². The molecule has 0 atom stereocenters. The Kier molecular flexibility index (Phi) is 5.38.